The van der Waals surface area contributed by atoms with Crippen molar-refractivity contribution in [1.82, 2.24) is 4.90 Å². The van der Waals surface area contributed by atoms with Gasteiger partial charge in [-0.15, -0.1) is 0 Å². The quantitative estimate of drug-likeness (QED) is 0.771. The van der Waals surface area contributed by atoms with Gasteiger partial charge in [0.05, 0.1) is 28.4 Å². The fourth-order valence-electron chi connectivity index (χ4n) is 3.90. The predicted octanol–water partition coefficient (Wildman–Crippen LogP) is 3.88. The maximum atomic E-state index is 5.55. The van der Waals surface area contributed by atoms with Gasteiger partial charge in [-0.1, -0.05) is 6.07 Å². The maximum Gasteiger partial charge on any atom is 0.161 e. The van der Waals surface area contributed by atoms with Gasteiger partial charge in [-0.25, -0.2) is 0 Å². The number of methoxy groups -OCH3 is 4. The largest absolute Gasteiger partial charge is 0.493 e. The van der Waals surface area contributed by atoms with Gasteiger partial charge in [0, 0.05) is 12.1 Å². The van der Waals surface area contributed by atoms with E-state index in [2.05, 4.69) is 43.1 Å². The van der Waals surface area contributed by atoms with Crippen molar-refractivity contribution in [3.8, 4) is 23.0 Å². The number of nitrogens with zero attached hydrogens (tertiary/aromatic N) is 1. The number of rotatable bonds is 6. The highest BCUT2D eigenvalue weighted by Gasteiger charge is 2.31. The van der Waals surface area contributed by atoms with Gasteiger partial charge < -0.3 is 18.9 Å². The fourth-order valence-corrected chi connectivity index (χ4v) is 3.90. The van der Waals surface area contributed by atoms with Crippen LogP contribution in [0.4, 0.5) is 0 Å². The van der Waals surface area contributed by atoms with Crippen molar-refractivity contribution < 1.29 is 18.9 Å². The van der Waals surface area contributed by atoms with E-state index in [9.17, 15) is 0 Å². The molecule has 5 heteroatoms. The Morgan fingerprint density at radius 1 is 0.852 bits per heavy atom. The summed E-state index contributed by atoms with van der Waals surface area (Å²) < 4.78 is 21.9. The van der Waals surface area contributed by atoms with Crippen molar-refractivity contribution in [2.24, 2.45) is 0 Å². The van der Waals surface area contributed by atoms with Crippen molar-refractivity contribution in [2.75, 3.05) is 35.5 Å². The summed E-state index contributed by atoms with van der Waals surface area (Å²) in [4.78, 5) is 2.44. The molecular formula is C22H29NO4. The van der Waals surface area contributed by atoms with Crippen molar-refractivity contribution >= 4 is 0 Å². The maximum absolute atomic E-state index is 5.55. The minimum absolute atomic E-state index is 0.252. The molecule has 2 aromatic rings. The van der Waals surface area contributed by atoms with Gasteiger partial charge in [0.1, 0.15) is 0 Å². The molecule has 27 heavy (non-hydrogen) atoms. The Balaban J connectivity index is 2.00. The van der Waals surface area contributed by atoms with Crippen LogP contribution in [0.3, 0.4) is 0 Å². The highest BCUT2D eigenvalue weighted by atomic mass is 16.5. The van der Waals surface area contributed by atoms with E-state index in [1.807, 2.05) is 6.07 Å². The summed E-state index contributed by atoms with van der Waals surface area (Å²) in [5.74, 6) is 3.07. The van der Waals surface area contributed by atoms with Crippen LogP contribution in [0.2, 0.25) is 0 Å². The van der Waals surface area contributed by atoms with Gasteiger partial charge in [0.2, 0.25) is 0 Å². The van der Waals surface area contributed by atoms with Crippen LogP contribution in [-0.2, 0) is 12.8 Å². The van der Waals surface area contributed by atoms with Crippen molar-refractivity contribution in [1.29, 1.82) is 0 Å². The predicted molar refractivity (Wildman–Crippen MR) is 106 cm³/mol. The monoisotopic (exact) mass is 371 g/mol. The van der Waals surface area contributed by atoms with Crippen molar-refractivity contribution in [3.05, 3.63) is 47.0 Å². The third-order valence-electron chi connectivity index (χ3n) is 5.58. The van der Waals surface area contributed by atoms with E-state index < -0.39 is 0 Å². The van der Waals surface area contributed by atoms with Crippen LogP contribution >= 0.6 is 0 Å². The van der Waals surface area contributed by atoms with Crippen LogP contribution in [0.1, 0.15) is 29.7 Å². The molecule has 1 aliphatic rings. The smallest absolute Gasteiger partial charge is 0.161 e. The van der Waals surface area contributed by atoms with Gasteiger partial charge in [-0.05, 0) is 67.8 Å². The van der Waals surface area contributed by atoms with E-state index in [4.69, 9.17) is 18.9 Å². The molecule has 0 N–H and O–H groups in total. The van der Waals surface area contributed by atoms with E-state index in [1.54, 1.807) is 28.4 Å². The SMILES string of the molecule is COc1ccc(CC2c3cc(OC)c(OC)cc3CC(C)N2C)cc1OC. The third-order valence-corrected chi connectivity index (χ3v) is 5.58. The minimum Gasteiger partial charge on any atom is -0.493 e. The van der Waals surface area contributed by atoms with Gasteiger partial charge in [-0.2, -0.15) is 0 Å². The summed E-state index contributed by atoms with van der Waals surface area (Å²) in [6, 6.07) is 11.1. The molecule has 0 aliphatic carbocycles. The molecule has 2 aromatic carbocycles. The highest BCUT2D eigenvalue weighted by Crippen LogP contribution is 2.41. The molecule has 0 saturated carbocycles. The molecule has 1 aliphatic heterocycles. The standard InChI is InChI=1S/C22H29NO4/c1-14-9-16-12-21(26-5)22(27-6)13-17(16)18(23(14)2)10-15-7-8-19(24-3)20(11-15)25-4/h7-8,11-14,18H,9-10H2,1-6H3. The Kier molecular flexibility index (Phi) is 5.80. The average molecular weight is 371 g/mol. The Morgan fingerprint density at radius 3 is 2.07 bits per heavy atom. The lowest BCUT2D eigenvalue weighted by Gasteiger charge is -2.40. The first-order chi connectivity index (χ1) is 13.0. The number of hydrogen-bond donors (Lipinski definition) is 0. The molecule has 1 heterocycles. The topological polar surface area (TPSA) is 40.2 Å². The molecule has 2 unspecified atom stereocenters. The molecule has 0 aromatic heterocycles. The first-order valence-corrected chi connectivity index (χ1v) is 9.20. The molecule has 146 valence electrons. The normalized spacial score (nSPS) is 19.3. The van der Waals surface area contributed by atoms with Gasteiger partial charge in [-0.3, -0.25) is 4.90 Å². The van der Waals surface area contributed by atoms with Crippen molar-refractivity contribution in [2.45, 2.75) is 31.8 Å². The summed E-state index contributed by atoms with van der Waals surface area (Å²) in [7, 11) is 8.88. The molecule has 0 spiro atoms. The minimum atomic E-state index is 0.252. The van der Waals surface area contributed by atoms with Crippen LogP contribution in [0.25, 0.3) is 0 Å². The van der Waals surface area contributed by atoms with E-state index in [-0.39, 0.29) is 6.04 Å². The van der Waals surface area contributed by atoms with E-state index in [0.717, 1.165) is 35.8 Å². The summed E-state index contributed by atoms with van der Waals surface area (Å²) in [5, 5.41) is 0. The Bertz CT molecular complexity index is 805. The molecule has 0 saturated heterocycles. The fraction of sp³-hybridized carbons (Fsp3) is 0.455. The molecule has 0 radical (unpaired) electrons. The van der Waals surface area contributed by atoms with Gasteiger partial charge >= 0.3 is 0 Å². The molecule has 5 nitrogen and oxygen atoms in total. The number of benzene rings is 2. The molecule has 3 rings (SSSR count). The molecular weight excluding hydrogens is 342 g/mol. The summed E-state index contributed by atoms with van der Waals surface area (Å²) in [6.07, 6.45) is 1.87. The van der Waals surface area contributed by atoms with E-state index in [0.29, 0.717) is 6.04 Å². The Morgan fingerprint density at radius 2 is 1.44 bits per heavy atom. The second-order valence-corrected chi connectivity index (χ2v) is 7.03. The van der Waals surface area contributed by atoms with E-state index in [1.165, 1.54) is 16.7 Å². The second-order valence-electron chi connectivity index (χ2n) is 7.03. The number of ether oxygens (including phenoxy) is 4. The van der Waals surface area contributed by atoms with Crippen molar-refractivity contribution in [3.63, 3.8) is 0 Å². The molecule has 0 fully saturated rings. The molecule has 2 atom stereocenters. The second kappa shape index (κ2) is 8.09. The summed E-state index contributed by atoms with van der Waals surface area (Å²) in [5.41, 5.74) is 3.83. The number of fused-ring (bicyclic) bond motifs is 1. The van der Waals surface area contributed by atoms with Gasteiger partial charge in [0.15, 0.2) is 23.0 Å². The number of hydrogen-bond acceptors (Lipinski definition) is 5. The third kappa shape index (κ3) is 3.69. The van der Waals surface area contributed by atoms with E-state index >= 15 is 0 Å². The lowest BCUT2D eigenvalue weighted by atomic mass is 9.85. The van der Waals surface area contributed by atoms with Crippen LogP contribution in [0, 0.1) is 0 Å². The molecule has 0 bridgehead atoms. The van der Waals surface area contributed by atoms with Crippen LogP contribution in [0.15, 0.2) is 30.3 Å². The van der Waals surface area contributed by atoms with Crippen LogP contribution < -0.4 is 18.9 Å². The zero-order valence-electron chi connectivity index (χ0n) is 17.0. The zero-order valence-corrected chi connectivity index (χ0v) is 17.0. The summed E-state index contributed by atoms with van der Waals surface area (Å²) >= 11 is 0. The number of likely N-dealkylation sites (N-methyl/N-ethyl adjacent to an activating group) is 1. The Labute approximate surface area is 161 Å². The first kappa shape index (κ1) is 19.4. The zero-order chi connectivity index (χ0) is 19.6. The van der Waals surface area contributed by atoms with Gasteiger partial charge in [0.25, 0.3) is 0 Å². The highest BCUT2D eigenvalue weighted by molar-refractivity contribution is 5.50. The lowest BCUT2D eigenvalue weighted by Crippen LogP contribution is -2.40. The van der Waals surface area contributed by atoms with Crippen LogP contribution in [0.5, 0.6) is 23.0 Å². The average Bonchev–Trinajstić information content (AvgIpc) is 2.70. The molecule has 0 amide bonds. The first-order valence-electron chi connectivity index (χ1n) is 9.20. The van der Waals surface area contributed by atoms with Crippen LogP contribution in [-0.4, -0.2) is 46.4 Å². The summed E-state index contributed by atoms with van der Waals surface area (Å²) in [6.45, 7) is 2.27. The lowest BCUT2D eigenvalue weighted by molar-refractivity contribution is 0.165. The Hall–Kier alpha value is -2.40.